The zero-order chi connectivity index (χ0) is 17.0. The molecular formula is C17H14Cl2N2O3. The number of rotatable bonds is 3. The number of imide groups is 1. The molecule has 2 bridgehead atoms. The molecule has 4 unspecified atom stereocenters. The maximum Gasteiger partial charge on any atom is 0.244 e. The van der Waals surface area contributed by atoms with Crippen molar-refractivity contribution >= 4 is 46.6 Å². The number of hydrogen-bond donors (Lipinski definition) is 1. The Bertz CT molecular complexity index is 762. The van der Waals surface area contributed by atoms with E-state index < -0.39 is 5.91 Å². The van der Waals surface area contributed by atoms with Crippen molar-refractivity contribution in [2.45, 2.75) is 6.42 Å². The first-order valence-corrected chi connectivity index (χ1v) is 8.50. The molecular weight excluding hydrogens is 351 g/mol. The maximum atomic E-state index is 12.5. The van der Waals surface area contributed by atoms with Crippen molar-refractivity contribution in [1.82, 2.24) is 4.90 Å². The van der Waals surface area contributed by atoms with E-state index in [0.717, 1.165) is 11.3 Å². The second-order valence-corrected chi connectivity index (χ2v) is 7.28. The number of amides is 3. The average molecular weight is 365 g/mol. The van der Waals surface area contributed by atoms with E-state index in [9.17, 15) is 14.4 Å². The number of carbonyl (C=O) groups is 3. The van der Waals surface area contributed by atoms with Gasteiger partial charge in [-0.2, -0.15) is 0 Å². The molecule has 0 radical (unpaired) electrons. The summed E-state index contributed by atoms with van der Waals surface area (Å²) < 4.78 is 0. The molecule has 2 fully saturated rings. The molecule has 1 aromatic rings. The third kappa shape index (κ3) is 2.34. The van der Waals surface area contributed by atoms with Crippen LogP contribution < -0.4 is 5.32 Å². The van der Waals surface area contributed by atoms with Crippen LogP contribution >= 0.6 is 23.2 Å². The standard InChI is InChI=1S/C17H14Cl2N2O3/c18-10-3-4-12(11(19)6-10)20-13(22)7-21-16(23)14-8-1-2-9(5-8)15(14)17(21)24/h1-4,6,8-9,14-15H,5,7H2,(H,20,22). The Labute approximate surface area is 148 Å². The van der Waals surface area contributed by atoms with Gasteiger partial charge in [-0.3, -0.25) is 19.3 Å². The highest BCUT2D eigenvalue weighted by Gasteiger charge is 2.59. The van der Waals surface area contributed by atoms with E-state index in [4.69, 9.17) is 23.2 Å². The van der Waals surface area contributed by atoms with Crippen LogP contribution in [-0.4, -0.2) is 29.2 Å². The van der Waals surface area contributed by atoms with Crippen molar-refractivity contribution in [3.05, 3.63) is 40.4 Å². The van der Waals surface area contributed by atoms with Gasteiger partial charge in [-0.25, -0.2) is 0 Å². The summed E-state index contributed by atoms with van der Waals surface area (Å²) in [5, 5.41) is 3.38. The van der Waals surface area contributed by atoms with Gasteiger partial charge in [0.1, 0.15) is 6.54 Å². The summed E-state index contributed by atoms with van der Waals surface area (Å²) in [7, 11) is 0. The summed E-state index contributed by atoms with van der Waals surface area (Å²) in [6.45, 7) is -0.289. The summed E-state index contributed by atoms with van der Waals surface area (Å²) >= 11 is 11.8. The lowest BCUT2D eigenvalue weighted by atomic mass is 9.85. The van der Waals surface area contributed by atoms with Crippen LogP contribution in [0.4, 0.5) is 5.69 Å². The van der Waals surface area contributed by atoms with Crippen molar-refractivity contribution in [3.63, 3.8) is 0 Å². The van der Waals surface area contributed by atoms with E-state index >= 15 is 0 Å². The number of hydrogen-bond acceptors (Lipinski definition) is 3. The quantitative estimate of drug-likeness (QED) is 0.662. The molecule has 1 saturated heterocycles. The van der Waals surface area contributed by atoms with Crippen LogP contribution in [0.5, 0.6) is 0 Å². The van der Waals surface area contributed by atoms with E-state index in [1.807, 2.05) is 12.2 Å². The van der Waals surface area contributed by atoms with E-state index in [2.05, 4.69) is 5.32 Å². The highest BCUT2D eigenvalue weighted by atomic mass is 35.5. The van der Waals surface area contributed by atoms with Crippen molar-refractivity contribution in [2.75, 3.05) is 11.9 Å². The Morgan fingerprint density at radius 3 is 2.33 bits per heavy atom. The van der Waals surface area contributed by atoms with Crippen LogP contribution in [0.25, 0.3) is 0 Å². The molecule has 1 heterocycles. The van der Waals surface area contributed by atoms with Crippen LogP contribution in [0.1, 0.15) is 6.42 Å². The minimum atomic E-state index is -0.457. The maximum absolute atomic E-state index is 12.5. The van der Waals surface area contributed by atoms with Crippen molar-refractivity contribution in [3.8, 4) is 0 Å². The molecule has 2 aliphatic carbocycles. The van der Waals surface area contributed by atoms with E-state index in [-0.39, 0.29) is 42.0 Å². The number of nitrogens with zero attached hydrogens (tertiary/aromatic N) is 1. The van der Waals surface area contributed by atoms with Gasteiger partial charge in [-0.15, -0.1) is 0 Å². The largest absolute Gasteiger partial charge is 0.323 e. The SMILES string of the molecule is O=C(CN1C(=O)C2C3C=CC(C3)C2C1=O)Nc1ccc(Cl)cc1Cl. The highest BCUT2D eigenvalue weighted by molar-refractivity contribution is 6.36. The lowest BCUT2D eigenvalue weighted by molar-refractivity contribution is -0.143. The van der Waals surface area contributed by atoms with Gasteiger partial charge in [-0.1, -0.05) is 35.4 Å². The average Bonchev–Trinajstić information content (AvgIpc) is 3.20. The molecule has 3 amide bonds. The number of benzene rings is 1. The third-order valence-electron chi connectivity index (χ3n) is 5.07. The minimum absolute atomic E-state index is 0.134. The van der Waals surface area contributed by atoms with Gasteiger partial charge in [0.05, 0.1) is 22.5 Å². The van der Waals surface area contributed by atoms with Crippen molar-refractivity contribution in [1.29, 1.82) is 0 Å². The predicted molar refractivity (Wildman–Crippen MR) is 89.5 cm³/mol. The second kappa shape index (κ2) is 5.60. The molecule has 1 aromatic carbocycles. The summed E-state index contributed by atoms with van der Waals surface area (Å²) in [4.78, 5) is 38.4. The highest BCUT2D eigenvalue weighted by Crippen LogP contribution is 2.52. The fourth-order valence-corrected chi connectivity index (χ4v) is 4.50. The number of carbonyl (C=O) groups excluding carboxylic acids is 3. The van der Waals surface area contributed by atoms with Gasteiger partial charge in [0, 0.05) is 5.02 Å². The molecule has 7 heteroatoms. The molecule has 4 atom stereocenters. The molecule has 0 aromatic heterocycles. The Morgan fingerprint density at radius 1 is 1.12 bits per heavy atom. The molecule has 1 aliphatic heterocycles. The molecule has 5 nitrogen and oxygen atoms in total. The number of nitrogens with one attached hydrogen (secondary N) is 1. The Hall–Kier alpha value is -1.85. The van der Waals surface area contributed by atoms with Crippen molar-refractivity contribution in [2.24, 2.45) is 23.7 Å². The van der Waals surface area contributed by atoms with Crippen molar-refractivity contribution < 1.29 is 14.4 Å². The molecule has 3 aliphatic rings. The van der Waals surface area contributed by atoms with E-state index in [1.54, 1.807) is 12.1 Å². The summed E-state index contributed by atoms with van der Waals surface area (Å²) in [5.74, 6) is -1.25. The molecule has 24 heavy (non-hydrogen) atoms. The topological polar surface area (TPSA) is 66.5 Å². The molecule has 1 N–H and O–H groups in total. The lowest BCUT2D eigenvalue weighted by Gasteiger charge is -2.17. The molecule has 0 spiro atoms. The van der Waals surface area contributed by atoms with Crippen LogP contribution in [0.15, 0.2) is 30.4 Å². The molecule has 124 valence electrons. The number of allylic oxidation sites excluding steroid dienone is 2. The lowest BCUT2D eigenvalue weighted by Crippen LogP contribution is -2.39. The third-order valence-corrected chi connectivity index (χ3v) is 5.62. The first-order valence-electron chi connectivity index (χ1n) is 7.74. The number of anilines is 1. The Morgan fingerprint density at radius 2 is 1.75 bits per heavy atom. The van der Waals surface area contributed by atoms with E-state index in [1.165, 1.54) is 6.07 Å². The summed E-state index contributed by atoms with van der Waals surface area (Å²) in [6.07, 6.45) is 4.91. The molecule has 4 rings (SSSR count). The van der Waals surface area contributed by atoms with Gasteiger partial charge in [0.2, 0.25) is 17.7 Å². The van der Waals surface area contributed by atoms with Crippen LogP contribution in [-0.2, 0) is 14.4 Å². The normalized spacial score (nSPS) is 30.2. The van der Waals surface area contributed by atoms with Gasteiger partial charge >= 0.3 is 0 Å². The zero-order valence-corrected chi connectivity index (χ0v) is 14.1. The van der Waals surface area contributed by atoms with Crippen LogP contribution in [0.3, 0.4) is 0 Å². The summed E-state index contributed by atoms with van der Waals surface area (Å²) in [6, 6.07) is 4.69. The molecule has 1 saturated carbocycles. The van der Waals surface area contributed by atoms with Gasteiger partial charge in [-0.05, 0) is 36.5 Å². The van der Waals surface area contributed by atoms with Gasteiger partial charge in [0.25, 0.3) is 0 Å². The fourth-order valence-electron chi connectivity index (χ4n) is 4.04. The Kier molecular flexibility index (Phi) is 3.66. The summed E-state index contributed by atoms with van der Waals surface area (Å²) in [5.41, 5.74) is 0.395. The van der Waals surface area contributed by atoms with Crippen LogP contribution in [0.2, 0.25) is 10.0 Å². The van der Waals surface area contributed by atoms with Gasteiger partial charge < -0.3 is 5.32 Å². The van der Waals surface area contributed by atoms with Gasteiger partial charge in [0.15, 0.2) is 0 Å². The number of halogens is 2. The smallest absolute Gasteiger partial charge is 0.244 e. The number of likely N-dealkylation sites (tertiary alicyclic amines) is 1. The first kappa shape index (κ1) is 15.7. The van der Waals surface area contributed by atoms with Crippen LogP contribution in [0, 0.1) is 23.7 Å². The van der Waals surface area contributed by atoms with E-state index in [0.29, 0.717) is 15.7 Å². The zero-order valence-electron chi connectivity index (χ0n) is 12.5. The fraction of sp³-hybridized carbons (Fsp3) is 0.353. The monoisotopic (exact) mass is 364 g/mol. The first-order chi connectivity index (χ1) is 11.5. The predicted octanol–water partition coefficient (Wildman–Crippen LogP) is 2.74. The number of fused-ring (bicyclic) bond motifs is 5. The Balaban J connectivity index is 1.47. The second-order valence-electron chi connectivity index (χ2n) is 6.43. The minimum Gasteiger partial charge on any atom is -0.323 e.